The van der Waals surface area contributed by atoms with E-state index in [9.17, 15) is 4.79 Å². The van der Waals surface area contributed by atoms with Crippen molar-refractivity contribution in [1.29, 1.82) is 0 Å². The Balaban J connectivity index is 1.24. The molecular formula is C23H26N4O3. The van der Waals surface area contributed by atoms with Gasteiger partial charge in [-0.15, -0.1) is 0 Å². The van der Waals surface area contributed by atoms with Crippen molar-refractivity contribution in [3.8, 4) is 17.2 Å². The number of rotatable bonds is 7. The fourth-order valence-electron chi connectivity index (χ4n) is 3.58. The van der Waals surface area contributed by atoms with Crippen LogP contribution in [-0.4, -0.2) is 59.1 Å². The van der Waals surface area contributed by atoms with Gasteiger partial charge in [-0.1, -0.05) is 35.5 Å². The highest BCUT2D eigenvalue weighted by Gasteiger charge is 2.22. The molecule has 156 valence electrons. The Bertz CT molecular complexity index is 948. The predicted molar refractivity (Wildman–Crippen MR) is 113 cm³/mol. The molecule has 0 spiro atoms. The van der Waals surface area contributed by atoms with E-state index in [1.165, 1.54) is 5.56 Å². The number of carbonyl (C=O) groups is 1. The normalized spacial score (nSPS) is 14.6. The van der Waals surface area contributed by atoms with E-state index in [0.717, 1.165) is 43.9 Å². The van der Waals surface area contributed by atoms with E-state index in [2.05, 4.69) is 27.2 Å². The minimum atomic E-state index is 0.222. The van der Waals surface area contributed by atoms with Crippen LogP contribution in [0.4, 0.5) is 0 Å². The molecule has 1 amide bonds. The van der Waals surface area contributed by atoms with Gasteiger partial charge in [0.1, 0.15) is 5.75 Å². The molecule has 1 aliphatic heterocycles. The molecule has 0 radical (unpaired) electrons. The van der Waals surface area contributed by atoms with Gasteiger partial charge in [0.05, 0.1) is 13.7 Å². The Morgan fingerprint density at radius 3 is 2.47 bits per heavy atom. The number of carbonyl (C=O) groups excluding carboxylic acids is 1. The van der Waals surface area contributed by atoms with Crippen molar-refractivity contribution in [3.05, 3.63) is 66.0 Å². The minimum absolute atomic E-state index is 0.222. The van der Waals surface area contributed by atoms with E-state index < -0.39 is 0 Å². The van der Waals surface area contributed by atoms with Crippen molar-refractivity contribution in [2.24, 2.45) is 0 Å². The number of methoxy groups -OCH3 is 1. The molecule has 3 aromatic rings. The molecule has 0 atom stereocenters. The molecule has 7 nitrogen and oxygen atoms in total. The van der Waals surface area contributed by atoms with Gasteiger partial charge in [0, 0.05) is 38.2 Å². The molecule has 0 unspecified atom stereocenters. The monoisotopic (exact) mass is 406 g/mol. The third-order valence-corrected chi connectivity index (χ3v) is 5.37. The second-order valence-electron chi connectivity index (χ2n) is 7.39. The smallest absolute Gasteiger partial charge is 0.257 e. The molecule has 1 aliphatic rings. The summed E-state index contributed by atoms with van der Waals surface area (Å²) in [6.07, 6.45) is 1.34. The van der Waals surface area contributed by atoms with Crippen LogP contribution in [0, 0.1) is 0 Å². The Labute approximate surface area is 176 Å². The minimum Gasteiger partial charge on any atom is -0.497 e. The van der Waals surface area contributed by atoms with Gasteiger partial charge in [0.25, 0.3) is 5.89 Å². The van der Waals surface area contributed by atoms with Gasteiger partial charge >= 0.3 is 0 Å². The largest absolute Gasteiger partial charge is 0.497 e. The number of benzene rings is 2. The van der Waals surface area contributed by atoms with Crippen LogP contribution in [0.3, 0.4) is 0 Å². The van der Waals surface area contributed by atoms with E-state index >= 15 is 0 Å². The third-order valence-electron chi connectivity index (χ3n) is 5.37. The molecule has 7 heteroatoms. The van der Waals surface area contributed by atoms with Gasteiger partial charge in [-0.3, -0.25) is 9.69 Å². The van der Waals surface area contributed by atoms with Crippen LogP contribution in [0.15, 0.2) is 59.1 Å². The van der Waals surface area contributed by atoms with E-state index in [1.54, 1.807) is 7.11 Å². The Morgan fingerprint density at radius 1 is 1.03 bits per heavy atom. The molecule has 4 rings (SSSR count). The first-order valence-electron chi connectivity index (χ1n) is 10.2. The quantitative estimate of drug-likeness (QED) is 0.601. The van der Waals surface area contributed by atoms with Gasteiger partial charge in [0.15, 0.2) is 5.82 Å². The highest BCUT2D eigenvalue weighted by atomic mass is 16.5. The zero-order valence-corrected chi connectivity index (χ0v) is 17.2. The van der Waals surface area contributed by atoms with Gasteiger partial charge < -0.3 is 14.2 Å². The second kappa shape index (κ2) is 9.54. The first-order valence-corrected chi connectivity index (χ1v) is 10.2. The standard InChI is InChI=1S/C23H26N4O3/c1-29-20-10-8-19(9-11-20)23-24-21(25-30-23)17-26-13-15-27(16-14-26)22(28)12-7-18-5-3-2-4-6-18/h2-6,8-11H,7,12-17H2,1H3. The summed E-state index contributed by atoms with van der Waals surface area (Å²) in [5.41, 5.74) is 2.07. The van der Waals surface area contributed by atoms with Crippen LogP contribution in [-0.2, 0) is 17.8 Å². The van der Waals surface area contributed by atoms with E-state index in [1.807, 2.05) is 47.4 Å². The van der Waals surface area contributed by atoms with Crippen molar-refractivity contribution in [2.45, 2.75) is 19.4 Å². The van der Waals surface area contributed by atoms with Crippen LogP contribution < -0.4 is 4.74 Å². The zero-order chi connectivity index (χ0) is 20.8. The number of nitrogens with zero attached hydrogens (tertiary/aromatic N) is 4. The third kappa shape index (κ3) is 5.04. The molecule has 0 aliphatic carbocycles. The predicted octanol–water partition coefficient (Wildman–Crippen LogP) is 3.02. The molecule has 2 heterocycles. The van der Waals surface area contributed by atoms with Crippen molar-refractivity contribution in [1.82, 2.24) is 19.9 Å². The summed E-state index contributed by atoms with van der Waals surface area (Å²) < 4.78 is 10.6. The Morgan fingerprint density at radius 2 is 1.77 bits per heavy atom. The summed E-state index contributed by atoms with van der Waals surface area (Å²) in [5.74, 6) is 2.17. The first-order chi connectivity index (χ1) is 14.7. The molecule has 30 heavy (non-hydrogen) atoms. The van der Waals surface area contributed by atoms with Gasteiger partial charge in [-0.25, -0.2) is 0 Å². The Kier molecular flexibility index (Phi) is 6.39. The first kappa shape index (κ1) is 20.1. The van der Waals surface area contributed by atoms with Crippen molar-refractivity contribution in [3.63, 3.8) is 0 Å². The molecule has 0 bridgehead atoms. The average Bonchev–Trinajstić information content (AvgIpc) is 3.27. The Hall–Kier alpha value is -3.19. The number of ether oxygens (including phenoxy) is 1. The maximum Gasteiger partial charge on any atom is 0.257 e. The fourth-order valence-corrected chi connectivity index (χ4v) is 3.58. The maximum atomic E-state index is 12.5. The van der Waals surface area contributed by atoms with E-state index in [4.69, 9.17) is 9.26 Å². The number of hydrogen-bond donors (Lipinski definition) is 0. The molecular weight excluding hydrogens is 380 g/mol. The fraction of sp³-hybridized carbons (Fsp3) is 0.348. The molecule has 1 aromatic heterocycles. The SMILES string of the molecule is COc1ccc(-c2nc(CN3CCN(C(=O)CCc4ccccc4)CC3)no2)cc1. The summed E-state index contributed by atoms with van der Waals surface area (Å²) in [7, 11) is 1.64. The van der Waals surface area contributed by atoms with E-state index in [-0.39, 0.29) is 5.91 Å². The molecule has 2 aromatic carbocycles. The summed E-state index contributed by atoms with van der Waals surface area (Å²) >= 11 is 0. The molecule has 0 N–H and O–H groups in total. The van der Waals surface area contributed by atoms with Crippen LogP contribution in [0.2, 0.25) is 0 Å². The lowest BCUT2D eigenvalue weighted by atomic mass is 10.1. The second-order valence-corrected chi connectivity index (χ2v) is 7.39. The molecule has 1 saturated heterocycles. The number of aryl methyl sites for hydroxylation is 1. The number of hydrogen-bond acceptors (Lipinski definition) is 6. The van der Waals surface area contributed by atoms with Gasteiger partial charge in [-0.2, -0.15) is 4.98 Å². The molecule has 1 fully saturated rings. The lowest BCUT2D eigenvalue weighted by Crippen LogP contribution is -2.48. The van der Waals surface area contributed by atoms with Crippen molar-refractivity contribution < 1.29 is 14.1 Å². The lowest BCUT2D eigenvalue weighted by Gasteiger charge is -2.34. The number of piperazine rings is 1. The summed E-state index contributed by atoms with van der Waals surface area (Å²) in [4.78, 5) is 21.2. The van der Waals surface area contributed by atoms with Crippen LogP contribution >= 0.6 is 0 Å². The van der Waals surface area contributed by atoms with Crippen molar-refractivity contribution >= 4 is 5.91 Å². The lowest BCUT2D eigenvalue weighted by molar-refractivity contribution is -0.133. The van der Waals surface area contributed by atoms with Crippen LogP contribution in [0.5, 0.6) is 5.75 Å². The van der Waals surface area contributed by atoms with Gasteiger partial charge in [-0.05, 0) is 36.2 Å². The number of amides is 1. The molecule has 0 saturated carbocycles. The van der Waals surface area contributed by atoms with Crippen LogP contribution in [0.25, 0.3) is 11.5 Å². The topological polar surface area (TPSA) is 71.7 Å². The summed E-state index contributed by atoms with van der Waals surface area (Å²) in [6.45, 7) is 3.70. The van der Waals surface area contributed by atoms with Crippen LogP contribution in [0.1, 0.15) is 17.8 Å². The average molecular weight is 406 g/mol. The zero-order valence-electron chi connectivity index (χ0n) is 17.2. The highest BCUT2D eigenvalue weighted by Crippen LogP contribution is 2.21. The van der Waals surface area contributed by atoms with Crippen molar-refractivity contribution in [2.75, 3.05) is 33.3 Å². The van der Waals surface area contributed by atoms with E-state index in [0.29, 0.717) is 24.7 Å². The summed E-state index contributed by atoms with van der Waals surface area (Å²) in [6, 6.07) is 17.7. The highest BCUT2D eigenvalue weighted by molar-refractivity contribution is 5.76. The van der Waals surface area contributed by atoms with Gasteiger partial charge in [0.2, 0.25) is 5.91 Å². The maximum absolute atomic E-state index is 12.5. The number of aromatic nitrogens is 2. The summed E-state index contributed by atoms with van der Waals surface area (Å²) in [5, 5.41) is 4.11.